The molecule has 4 aliphatic rings. The summed E-state index contributed by atoms with van der Waals surface area (Å²) < 4.78 is 5.21. The molecule has 7 nitrogen and oxygen atoms in total. The maximum Gasteiger partial charge on any atom is 0.282 e. The predicted molar refractivity (Wildman–Crippen MR) is 105 cm³/mol. The van der Waals surface area contributed by atoms with Crippen molar-refractivity contribution in [1.29, 1.82) is 0 Å². The number of non-ortho nitro benzene ring substituents is 1. The molecule has 0 aromatic heterocycles. The van der Waals surface area contributed by atoms with Gasteiger partial charge in [-0.05, 0) is 69.3 Å². The Hall–Kier alpha value is -2.15. The van der Waals surface area contributed by atoms with Crippen molar-refractivity contribution < 1.29 is 19.8 Å². The predicted octanol–water partition coefficient (Wildman–Crippen LogP) is 2.71. The number of rotatable bonds is 7. The lowest BCUT2D eigenvalue weighted by atomic mass is 9.49. The number of benzene rings is 1. The average Bonchev–Trinajstić information content (AvgIpc) is 2.65. The molecule has 1 aromatic rings. The fourth-order valence-corrected chi connectivity index (χ4v) is 6.22. The molecule has 0 saturated heterocycles. The van der Waals surface area contributed by atoms with Gasteiger partial charge in [0, 0.05) is 11.5 Å². The number of nitro benzene ring substituents is 1. The first kappa shape index (κ1) is 19.2. The molecule has 0 spiro atoms. The molecular weight excluding hydrogens is 358 g/mol. The van der Waals surface area contributed by atoms with Gasteiger partial charge in [0.25, 0.3) is 11.6 Å². The number of nitrogens with one attached hydrogen (secondary N) is 1. The Morgan fingerprint density at radius 2 is 1.89 bits per heavy atom. The first-order chi connectivity index (χ1) is 13.4. The molecule has 4 aliphatic carbocycles. The number of hydrogen-bond acceptors (Lipinski definition) is 4. The molecule has 4 bridgehead atoms. The highest BCUT2D eigenvalue weighted by Crippen LogP contribution is 2.59. The van der Waals surface area contributed by atoms with Crippen molar-refractivity contribution in [3.05, 3.63) is 28.3 Å². The van der Waals surface area contributed by atoms with E-state index in [0.717, 1.165) is 24.3 Å². The zero-order valence-corrected chi connectivity index (χ0v) is 16.6. The fourth-order valence-electron chi connectivity index (χ4n) is 6.22. The van der Waals surface area contributed by atoms with Crippen molar-refractivity contribution in [2.24, 2.45) is 23.2 Å². The SMILES string of the molecule is COc1cc([N+](=O)[O-])ccc1NC(=O)[C@@H](C)[NH2+]CC12CC3CC(CC(C3)C1)C2. The van der Waals surface area contributed by atoms with E-state index in [4.69, 9.17) is 4.74 Å². The number of nitrogens with two attached hydrogens (primary N) is 1. The Labute approximate surface area is 165 Å². The van der Waals surface area contributed by atoms with E-state index >= 15 is 0 Å². The first-order valence-electron chi connectivity index (χ1n) is 10.3. The molecule has 152 valence electrons. The van der Waals surface area contributed by atoms with Gasteiger partial charge >= 0.3 is 0 Å². The molecule has 4 saturated carbocycles. The summed E-state index contributed by atoms with van der Waals surface area (Å²) in [5.74, 6) is 2.93. The summed E-state index contributed by atoms with van der Waals surface area (Å²) in [7, 11) is 1.44. The van der Waals surface area contributed by atoms with Crippen LogP contribution in [0.25, 0.3) is 0 Å². The first-order valence-corrected chi connectivity index (χ1v) is 10.3. The quantitative estimate of drug-likeness (QED) is 0.554. The standard InChI is InChI=1S/C21H29N3O4/c1-13(20(25)23-18-4-3-17(24(26)27)8-19(18)28-2)22-12-21-9-14-5-15(10-21)7-16(6-14)11-21/h3-4,8,13-16,22H,5-7,9-12H2,1-2H3,(H,23,25)/p+1/t13-,14?,15?,16?,21?/m1/s1. The molecule has 0 aliphatic heterocycles. The molecule has 3 N–H and O–H groups in total. The second kappa shape index (κ2) is 7.35. The lowest BCUT2D eigenvalue weighted by Gasteiger charge is -2.56. The van der Waals surface area contributed by atoms with Crippen molar-refractivity contribution in [1.82, 2.24) is 0 Å². The highest BCUT2D eigenvalue weighted by molar-refractivity contribution is 5.95. The summed E-state index contributed by atoms with van der Waals surface area (Å²) in [5.41, 5.74) is 0.832. The summed E-state index contributed by atoms with van der Waals surface area (Å²) in [6, 6.07) is 4.02. The van der Waals surface area contributed by atoms with Gasteiger partial charge in [0.05, 0.1) is 30.3 Å². The Morgan fingerprint density at radius 1 is 1.29 bits per heavy atom. The minimum atomic E-state index is -0.476. The highest BCUT2D eigenvalue weighted by atomic mass is 16.6. The number of amides is 1. The maximum atomic E-state index is 12.7. The third-order valence-corrected chi connectivity index (χ3v) is 7.14. The summed E-state index contributed by atoms with van der Waals surface area (Å²) in [6.45, 7) is 2.94. The molecule has 1 aromatic carbocycles. The zero-order valence-electron chi connectivity index (χ0n) is 16.6. The lowest BCUT2D eigenvalue weighted by Crippen LogP contribution is -2.94. The van der Waals surface area contributed by atoms with Crippen molar-refractivity contribution in [3.8, 4) is 5.75 Å². The van der Waals surface area contributed by atoms with Gasteiger partial charge in [-0.3, -0.25) is 14.9 Å². The van der Waals surface area contributed by atoms with Gasteiger partial charge in [-0.2, -0.15) is 0 Å². The van der Waals surface area contributed by atoms with Crippen LogP contribution in [0.5, 0.6) is 5.75 Å². The second-order valence-electron chi connectivity index (χ2n) is 9.28. The molecule has 1 atom stereocenters. The van der Waals surface area contributed by atoms with Gasteiger partial charge in [0.2, 0.25) is 0 Å². The number of hydrogen-bond donors (Lipinski definition) is 2. The maximum absolute atomic E-state index is 12.7. The molecule has 1 amide bonds. The summed E-state index contributed by atoms with van der Waals surface area (Å²) >= 11 is 0. The van der Waals surface area contributed by atoms with Crippen LogP contribution in [0.2, 0.25) is 0 Å². The smallest absolute Gasteiger partial charge is 0.282 e. The van der Waals surface area contributed by atoms with Crippen molar-refractivity contribution in [3.63, 3.8) is 0 Å². The molecular formula is C21H30N3O4+. The number of carbonyl (C=O) groups is 1. The topological polar surface area (TPSA) is 98.1 Å². The van der Waals surface area contributed by atoms with Crippen LogP contribution in [0.3, 0.4) is 0 Å². The Balaban J connectivity index is 1.36. The number of nitro groups is 1. The van der Waals surface area contributed by atoms with Crippen LogP contribution in [0.1, 0.15) is 45.4 Å². The van der Waals surface area contributed by atoms with E-state index in [9.17, 15) is 14.9 Å². The molecule has 0 unspecified atom stereocenters. The molecule has 0 heterocycles. The highest BCUT2D eigenvalue weighted by Gasteiger charge is 2.51. The summed E-state index contributed by atoms with van der Waals surface area (Å²) in [4.78, 5) is 23.1. The second-order valence-corrected chi connectivity index (χ2v) is 9.28. The zero-order chi connectivity index (χ0) is 19.9. The number of nitrogens with zero attached hydrogens (tertiary/aromatic N) is 1. The minimum Gasteiger partial charge on any atom is -0.494 e. The number of ether oxygens (including phenoxy) is 1. The van der Waals surface area contributed by atoms with Gasteiger partial charge in [-0.25, -0.2) is 0 Å². The van der Waals surface area contributed by atoms with Crippen LogP contribution in [-0.4, -0.2) is 30.5 Å². The number of carbonyl (C=O) groups excluding carboxylic acids is 1. The third kappa shape index (κ3) is 3.72. The minimum absolute atomic E-state index is 0.0590. The number of quaternary nitrogens is 1. The van der Waals surface area contributed by atoms with Gasteiger partial charge in [0.15, 0.2) is 6.04 Å². The normalized spacial score (nSPS) is 31.4. The molecule has 0 radical (unpaired) electrons. The summed E-state index contributed by atoms with van der Waals surface area (Å²) in [6.07, 6.45) is 8.28. The van der Waals surface area contributed by atoms with Crippen molar-refractivity contribution in [2.75, 3.05) is 19.0 Å². The fraction of sp³-hybridized carbons (Fsp3) is 0.667. The van der Waals surface area contributed by atoms with Crippen LogP contribution < -0.4 is 15.4 Å². The van der Waals surface area contributed by atoms with E-state index in [-0.39, 0.29) is 17.6 Å². The van der Waals surface area contributed by atoms with Crippen LogP contribution in [0, 0.1) is 33.3 Å². The van der Waals surface area contributed by atoms with Crippen LogP contribution in [0.4, 0.5) is 11.4 Å². The number of methoxy groups -OCH3 is 1. The Kier molecular flexibility index (Phi) is 5.04. The monoisotopic (exact) mass is 388 g/mol. The van der Waals surface area contributed by atoms with E-state index in [1.165, 1.54) is 63.8 Å². The van der Waals surface area contributed by atoms with Gasteiger partial charge in [-0.1, -0.05) is 0 Å². The Morgan fingerprint density at radius 3 is 2.43 bits per heavy atom. The number of anilines is 1. The largest absolute Gasteiger partial charge is 0.494 e. The summed E-state index contributed by atoms with van der Waals surface area (Å²) in [5, 5.41) is 16.0. The van der Waals surface area contributed by atoms with Crippen molar-refractivity contribution >= 4 is 17.3 Å². The molecule has 4 fully saturated rings. The van der Waals surface area contributed by atoms with E-state index in [0.29, 0.717) is 16.9 Å². The Bertz CT molecular complexity index is 744. The van der Waals surface area contributed by atoms with Crippen LogP contribution in [0.15, 0.2) is 18.2 Å². The molecule has 28 heavy (non-hydrogen) atoms. The lowest BCUT2D eigenvalue weighted by molar-refractivity contribution is -0.686. The van der Waals surface area contributed by atoms with E-state index in [2.05, 4.69) is 10.6 Å². The molecule has 5 rings (SSSR count). The van der Waals surface area contributed by atoms with Crippen LogP contribution in [-0.2, 0) is 4.79 Å². The van der Waals surface area contributed by atoms with Crippen LogP contribution >= 0.6 is 0 Å². The van der Waals surface area contributed by atoms with Gasteiger partial charge in [0.1, 0.15) is 5.75 Å². The van der Waals surface area contributed by atoms with Gasteiger partial charge in [-0.15, -0.1) is 0 Å². The van der Waals surface area contributed by atoms with Gasteiger partial charge < -0.3 is 15.4 Å². The third-order valence-electron chi connectivity index (χ3n) is 7.14. The average molecular weight is 388 g/mol. The van der Waals surface area contributed by atoms with E-state index in [1.807, 2.05) is 6.92 Å². The van der Waals surface area contributed by atoms with Crippen molar-refractivity contribution in [2.45, 2.75) is 51.5 Å². The van der Waals surface area contributed by atoms with E-state index in [1.54, 1.807) is 0 Å². The van der Waals surface area contributed by atoms with E-state index < -0.39 is 4.92 Å². The molecule has 7 heteroatoms.